The molecule has 0 saturated carbocycles. The molecule has 1 aliphatic rings. The van der Waals surface area contributed by atoms with Gasteiger partial charge >= 0.3 is 0 Å². The average Bonchev–Trinajstić information content (AvgIpc) is 2.13. The Morgan fingerprint density at radius 3 is 2.20 bits per heavy atom. The van der Waals surface area contributed by atoms with Crippen LogP contribution in [0.25, 0.3) is 0 Å². The van der Waals surface area contributed by atoms with Gasteiger partial charge in [-0.15, -0.1) is 0 Å². The van der Waals surface area contributed by atoms with Crippen molar-refractivity contribution in [2.24, 2.45) is 4.99 Å². The molecule has 58 valence electrons. The maximum atomic E-state index is 5.41. The van der Waals surface area contributed by atoms with Gasteiger partial charge in [0.05, 0.1) is 6.04 Å². The van der Waals surface area contributed by atoms with Gasteiger partial charge in [0.25, 0.3) is 6.02 Å². The van der Waals surface area contributed by atoms with E-state index in [0.29, 0.717) is 6.04 Å². The van der Waals surface area contributed by atoms with Crippen LogP contribution in [-0.4, -0.2) is 37.2 Å². The third-order valence-electron chi connectivity index (χ3n) is 1.67. The van der Waals surface area contributed by atoms with E-state index >= 15 is 0 Å². The van der Waals surface area contributed by atoms with Crippen LogP contribution in [0, 0.1) is 0 Å². The number of hydrogen-bond acceptors (Lipinski definition) is 3. The first kappa shape index (κ1) is 7.38. The van der Waals surface area contributed by atoms with Crippen LogP contribution in [0.1, 0.15) is 13.8 Å². The summed E-state index contributed by atoms with van der Waals surface area (Å²) in [4.78, 5) is 6.18. The van der Waals surface area contributed by atoms with Crippen LogP contribution in [0.15, 0.2) is 4.99 Å². The summed E-state index contributed by atoms with van der Waals surface area (Å²) in [7, 11) is 3.87. The summed E-state index contributed by atoms with van der Waals surface area (Å²) in [6.45, 7) is 4.09. The molecule has 0 spiro atoms. The van der Waals surface area contributed by atoms with Crippen LogP contribution >= 0.6 is 0 Å². The summed E-state index contributed by atoms with van der Waals surface area (Å²) in [5.74, 6) is 0. The Morgan fingerprint density at radius 2 is 2.00 bits per heavy atom. The van der Waals surface area contributed by atoms with Crippen molar-refractivity contribution >= 4 is 6.02 Å². The molecule has 0 unspecified atom stereocenters. The smallest absolute Gasteiger partial charge is 0.287 e. The second-order valence-electron chi connectivity index (χ2n) is 2.87. The molecular formula is C7H14N2O. The molecule has 0 fully saturated rings. The van der Waals surface area contributed by atoms with Gasteiger partial charge in [-0.05, 0) is 13.8 Å². The molecule has 0 aromatic rings. The van der Waals surface area contributed by atoms with Crippen molar-refractivity contribution < 1.29 is 4.74 Å². The Kier molecular flexibility index (Phi) is 1.83. The molecule has 0 N–H and O–H groups in total. The Labute approximate surface area is 61.7 Å². The van der Waals surface area contributed by atoms with Crippen LogP contribution in [-0.2, 0) is 4.74 Å². The summed E-state index contributed by atoms with van der Waals surface area (Å²) in [5.41, 5.74) is 0. The molecule has 2 atom stereocenters. The van der Waals surface area contributed by atoms with Crippen molar-refractivity contribution in [3.8, 4) is 0 Å². The standard InChI is InChI=1S/C7H14N2O/c1-5-6(2)10-7(8-5)9(3)4/h5-6H,1-4H3/t5-,6+/m1/s1. The van der Waals surface area contributed by atoms with Crippen molar-refractivity contribution in [1.82, 2.24) is 4.90 Å². The zero-order valence-electron chi connectivity index (χ0n) is 6.96. The van der Waals surface area contributed by atoms with E-state index in [0.717, 1.165) is 6.02 Å². The summed E-state index contributed by atoms with van der Waals surface area (Å²) < 4.78 is 5.41. The van der Waals surface area contributed by atoms with E-state index in [2.05, 4.69) is 11.9 Å². The van der Waals surface area contributed by atoms with Crippen molar-refractivity contribution in [1.29, 1.82) is 0 Å². The molecule has 0 aromatic carbocycles. The summed E-state index contributed by atoms with van der Waals surface area (Å²) in [6.07, 6.45) is 0.234. The van der Waals surface area contributed by atoms with Gasteiger partial charge in [-0.25, -0.2) is 4.99 Å². The number of rotatable bonds is 0. The normalized spacial score (nSPS) is 31.4. The fourth-order valence-electron chi connectivity index (χ4n) is 0.795. The zero-order valence-corrected chi connectivity index (χ0v) is 6.96. The first-order valence-corrected chi connectivity index (χ1v) is 3.53. The topological polar surface area (TPSA) is 24.8 Å². The Balaban J connectivity index is 2.58. The molecule has 0 amide bonds. The third kappa shape index (κ3) is 1.23. The lowest BCUT2D eigenvalue weighted by Gasteiger charge is -2.12. The molecule has 3 heteroatoms. The van der Waals surface area contributed by atoms with Gasteiger partial charge in [-0.1, -0.05) is 0 Å². The number of aliphatic imine (C=N–C) groups is 1. The summed E-state index contributed by atoms with van der Waals surface area (Å²) in [6, 6.07) is 1.05. The Bertz CT molecular complexity index is 154. The fourth-order valence-corrected chi connectivity index (χ4v) is 0.795. The average molecular weight is 142 g/mol. The largest absolute Gasteiger partial charge is 0.460 e. The molecule has 1 aliphatic heterocycles. The highest BCUT2D eigenvalue weighted by Gasteiger charge is 2.23. The highest BCUT2D eigenvalue weighted by molar-refractivity contribution is 5.75. The zero-order chi connectivity index (χ0) is 7.72. The van der Waals surface area contributed by atoms with Gasteiger partial charge in [0, 0.05) is 14.1 Å². The Morgan fingerprint density at radius 1 is 1.40 bits per heavy atom. The highest BCUT2D eigenvalue weighted by Crippen LogP contribution is 2.12. The van der Waals surface area contributed by atoms with Crippen LogP contribution in [0.3, 0.4) is 0 Å². The van der Waals surface area contributed by atoms with Gasteiger partial charge in [0.1, 0.15) is 6.10 Å². The minimum Gasteiger partial charge on any atom is -0.460 e. The van der Waals surface area contributed by atoms with E-state index in [1.807, 2.05) is 25.9 Å². The second kappa shape index (κ2) is 2.48. The van der Waals surface area contributed by atoms with Gasteiger partial charge in [-0.3, -0.25) is 0 Å². The van der Waals surface area contributed by atoms with E-state index in [9.17, 15) is 0 Å². The van der Waals surface area contributed by atoms with E-state index in [-0.39, 0.29) is 6.10 Å². The molecule has 3 nitrogen and oxygen atoms in total. The van der Waals surface area contributed by atoms with Crippen molar-refractivity contribution in [3.63, 3.8) is 0 Å². The predicted molar refractivity (Wildman–Crippen MR) is 41.1 cm³/mol. The third-order valence-corrected chi connectivity index (χ3v) is 1.67. The first-order chi connectivity index (χ1) is 4.61. The molecular weight excluding hydrogens is 128 g/mol. The number of ether oxygens (including phenoxy) is 1. The monoisotopic (exact) mass is 142 g/mol. The lowest BCUT2D eigenvalue weighted by molar-refractivity contribution is 0.193. The number of amidine groups is 1. The molecule has 0 radical (unpaired) electrons. The number of hydrogen-bond donors (Lipinski definition) is 0. The lowest BCUT2D eigenvalue weighted by atomic mass is 10.2. The highest BCUT2D eigenvalue weighted by atomic mass is 16.5. The van der Waals surface area contributed by atoms with E-state index in [4.69, 9.17) is 4.74 Å². The quantitative estimate of drug-likeness (QED) is 0.497. The molecule has 0 bridgehead atoms. The molecule has 0 aliphatic carbocycles. The van der Waals surface area contributed by atoms with Crippen LogP contribution < -0.4 is 0 Å². The molecule has 1 rings (SSSR count). The molecule has 1 heterocycles. The van der Waals surface area contributed by atoms with Gasteiger partial charge < -0.3 is 9.64 Å². The maximum Gasteiger partial charge on any atom is 0.287 e. The van der Waals surface area contributed by atoms with Gasteiger partial charge in [0.2, 0.25) is 0 Å². The Hall–Kier alpha value is -0.730. The molecule has 0 saturated heterocycles. The minimum atomic E-state index is 0.234. The second-order valence-corrected chi connectivity index (χ2v) is 2.87. The predicted octanol–water partition coefficient (Wildman–Crippen LogP) is 0.711. The van der Waals surface area contributed by atoms with Crippen LogP contribution in [0.2, 0.25) is 0 Å². The van der Waals surface area contributed by atoms with Crippen molar-refractivity contribution in [2.75, 3.05) is 14.1 Å². The van der Waals surface area contributed by atoms with E-state index < -0.39 is 0 Å². The minimum absolute atomic E-state index is 0.234. The van der Waals surface area contributed by atoms with E-state index in [1.54, 1.807) is 0 Å². The first-order valence-electron chi connectivity index (χ1n) is 3.53. The van der Waals surface area contributed by atoms with Crippen molar-refractivity contribution in [2.45, 2.75) is 26.0 Å². The van der Waals surface area contributed by atoms with E-state index in [1.165, 1.54) is 0 Å². The fraction of sp³-hybridized carbons (Fsp3) is 0.857. The summed E-state index contributed by atoms with van der Waals surface area (Å²) in [5, 5.41) is 0. The van der Waals surface area contributed by atoms with Crippen LogP contribution in [0.4, 0.5) is 0 Å². The van der Waals surface area contributed by atoms with Crippen molar-refractivity contribution in [3.05, 3.63) is 0 Å². The molecule has 0 aromatic heterocycles. The molecule has 10 heavy (non-hydrogen) atoms. The maximum absolute atomic E-state index is 5.41. The van der Waals surface area contributed by atoms with Gasteiger partial charge in [-0.2, -0.15) is 0 Å². The van der Waals surface area contributed by atoms with Gasteiger partial charge in [0.15, 0.2) is 0 Å². The lowest BCUT2D eigenvalue weighted by Crippen LogP contribution is -2.24. The van der Waals surface area contributed by atoms with Crippen LogP contribution in [0.5, 0.6) is 0 Å². The number of nitrogens with zero attached hydrogens (tertiary/aromatic N) is 2. The SMILES string of the molecule is C[C@@H]1OC(N(C)C)=N[C@@H]1C. The summed E-state index contributed by atoms with van der Waals surface area (Å²) >= 11 is 0.